The van der Waals surface area contributed by atoms with Crippen molar-refractivity contribution in [2.24, 2.45) is 0 Å². The van der Waals surface area contributed by atoms with Crippen molar-refractivity contribution in [1.29, 1.82) is 0 Å². The first-order valence-electron chi connectivity index (χ1n) is 10.9. The number of methoxy groups -OCH3 is 1. The fraction of sp³-hybridized carbons (Fsp3) is 0.111. The van der Waals surface area contributed by atoms with Crippen molar-refractivity contribution in [1.82, 2.24) is 0 Å². The molecule has 0 spiro atoms. The molecule has 182 valence electrons. The number of amides is 3. The molecule has 3 amide bonds. The van der Waals surface area contributed by atoms with Crippen molar-refractivity contribution < 1.29 is 23.9 Å². The maximum Gasteiger partial charge on any atom is 0.337 e. The summed E-state index contributed by atoms with van der Waals surface area (Å²) in [6, 6.07) is 17.9. The van der Waals surface area contributed by atoms with Gasteiger partial charge < -0.3 is 15.4 Å². The molecule has 0 aliphatic carbocycles. The van der Waals surface area contributed by atoms with E-state index in [-0.39, 0.29) is 27.9 Å². The van der Waals surface area contributed by atoms with Crippen LogP contribution in [0.15, 0.2) is 77.5 Å². The lowest BCUT2D eigenvalue weighted by Crippen LogP contribution is -2.32. The number of imide groups is 1. The summed E-state index contributed by atoms with van der Waals surface area (Å²) in [4.78, 5) is 50.8. The van der Waals surface area contributed by atoms with E-state index in [9.17, 15) is 19.2 Å². The first kappa shape index (κ1) is 24.7. The zero-order chi connectivity index (χ0) is 26.0. The Balaban J connectivity index is 1.46. The van der Waals surface area contributed by atoms with Crippen molar-refractivity contribution in [3.8, 4) is 0 Å². The van der Waals surface area contributed by atoms with Gasteiger partial charge in [0.15, 0.2) is 0 Å². The Morgan fingerprint density at radius 2 is 1.42 bits per heavy atom. The zero-order valence-electron chi connectivity index (χ0n) is 19.7. The summed E-state index contributed by atoms with van der Waals surface area (Å²) in [5, 5.41) is 5.45. The number of nitrogens with one attached hydrogen (secondary N) is 2. The number of carbonyl (C=O) groups excluding carboxylic acids is 4. The number of aryl methyl sites for hydroxylation is 2. The van der Waals surface area contributed by atoms with Crippen LogP contribution in [0.5, 0.6) is 0 Å². The van der Waals surface area contributed by atoms with Crippen LogP contribution in [0.2, 0.25) is 0 Å². The van der Waals surface area contributed by atoms with Crippen LogP contribution in [-0.2, 0) is 14.3 Å². The Labute approximate surface area is 212 Å². The first-order valence-corrected chi connectivity index (χ1v) is 11.3. The number of rotatable bonds is 6. The molecular formula is C27H22ClN3O5. The number of anilines is 3. The number of carbonyl (C=O) groups is 4. The second-order valence-electron chi connectivity index (χ2n) is 8.13. The van der Waals surface area contributed by atoms with Crippen LogP contribution in [-0.4, -0.2) is 30.8 Å². The van der Waals surface area contributed by atoms with Crippen LogP contribution >= 0.6 is 11.6 Å². The van der Waals surface area contributed by atoms with Gasteiger partial charge in [-0.05, 0) is 85.6 Å². The van der Waals surface area contributed by atoms with E-state index in [0.29, 0.717) is 16.9 Å². The predicted molar refractivity (Wildman–Crippen MR) is 137 cm³/mol. The maximum absolute atomic E-state index is 13.0. The van der Waals surface area contributed by atoms with Gasteiger partial charge in [0.25, 0.3) is 17.7 Å². The van der Waals surface area contributed by atoms with E-state index in [2.05, 4.69) is 15.4 Å². The van der Waals surface area contributed by atoms with E-state index in [1.54, 1.807) is 24.3 Å². The van der Waals surface area contributed by atoms with Gasteiger partial charge in [-0.25, -0.2) is 9.69 Å². The molecule has 36 heavy (non-hydrogen) atoms. The van der Waals surface area contributed by atoms with E-state index in [4.69, 9.17) is 11.6 Å². The second kappa shape index (κ2) is 10.1. The molecule has 1 heterocycles. The Morgan fingerprint density at radius 3 is 2.03 bits per heavy atom. The number of ether oxygens (including phenoxy) is 1. The lowest BCUT2D eigenvalue weighted by atomic mass is 10.1. The molecule has 0 saturated carbocycles. The van der Waals surface area contributed by atoms with Crippen LogP contribution in [0.25, 0.3) is 0 Å². The number of benzene rings is 3. The quantitative estimate of drug-likeness (QED) is 0.370. The van der Waals surface area contributed by atoms with Gasteiger partial charge in [-0.15, -0.1) is 0 Å². The number of hydrogen-bond donors (Lipinski definition) is 2. The van der Waals surface area contributed by atoms with Crippen molar-refractivity contribution >= 4 is 52.4 Å². The van der Waals surface area contributed by atoms with Crippen molar-refractivity contribution in [3.05, 3.63) is 99.7 Å². The molecule has 1 aliphatic heterocycles. The van der Waals surface area contributed by atoms with Crippen molar-refractivity contribution in [2.75, 3.05) is 22.6 Å². The molecule has 3 aromatic carbocycles. The zero-order valence-corrected chi connectivity index (χ0v) is 20.5. The predicted octanol–water partition coefficient (Wildman–Crippen LogP) is 4.78. The van der Waals surface area contributed by atoms with Gasteiger partial charge in [-0.3, -0.25) is 14.4 Å². The molecule has 0 bridgehead atoms. The molecule has 0 fully saturated rings. The summed E-state index contributed by atoms with van der Waals surface area (Å²) in [5.74, 6) is -2.16. The van der Waals surface area contributed by atoms with Crippen LogP contribution in [0.3, 0.4) is 0 Å². The highest BCUT2D eigenvalue weighted by atomic mass is 35.5. The highest BCUT2D eigenvalue weighted by molar-refractivity contribution is 6.53. The normalized spacial score (nSPS) is 13.2. The van der Waals surface area contributed by atoms with Crippen molar-refractivity contribution in [2.45, 2.75) is 13.8 Å². The van der Waals surface area contributed by atoms with Gasteiger partial charge in [-0.1, -0.05) is 17.7 Å². The molecule has 1 aliphatic rings. The second-order valence-corrected chi connectivity index (χ2v) is 8.51. The third kappa shape index (κ3) is 4.85. The molecule has 0 aromatic heterocycles. The Bertz CT molecular complexity index is 1410. The van der Waals surface area contributed by atoms with Gasteiger partial charge in [0.1, 0.15) is 10.7 Å². The number of nitrogens with zero attached hydrogens (tertiary/aromatic N) is 1. The Hall–Kier alpha value is -4.43. The molecule has 8 nitrogen and oxygen atoms in total. The van der Waals surface area contributed by atoms with Crippen LogP contribution < -0.4 is 15.5 Å². The Morgan fingerprint density at radius 1 is 0.806 bits per heavy atom. The van der Waals surface area contributed by atoms with Gasteiger partial charge in [0.05, 0.1) is 18.4 Å². The highest BCUT2D eigenvalue weighted by Crippen LogP contribution is 2.30. The average molecular weight is 504 g/mol. The minimum absolute atomic E-state index is 0.0916. The summed E-state index contributed by atoms with van der Waals surface area (Å²) >= 11 is 6.18. The topological polar surface area (TPSA) is 105 Å². The maximum atomic E-state index is 13.0. The number of hydrogen-bond acceptors (Lipinski definition) is 6. The largest absolute Gasteiger partial charge is 0.465 e. The Kier molecular flexibility index (Phi) is 6.89. The van der Waals surface area contributed by atoms with E-state index in [1.807, 2.05) is 32.0 Å². The highest BCUT2D eigenvalue weighted by Gasteiger charge is 2.39. The lowest BCUT2D eigenvalue weighted by molar-refractivity contribution is -0.120. The molecule has 0 atom stereocenters. The average Bonchev–Trinajstić information content (AvgIpc) is 3.09. The third-order valence-electron chi connectivity index (χ3n) is 5.76. The summed E-state index contributed by atoms with van der Waals surface area (Å²) in [5.41, 5.74) is 4.22. The summed E-state index contributed by atoms with van der Waals surface area (Å²) in [6.45, 7) is 3.97. The number of halogens is 1. The van der Waals surface area contributed by atoms with Gasteiger partial charge in [-0.2, -0.15) is 0 Å². The molecule has 2 N–H and O–H groups in total. The van der Waals surface area contributed by atoms with Gasteiger partial charge in [0.2, 0.25) is 0 Å². The summed E-state index contributed by atoms with van der Waals surface area (Å²) in [7, 11) is 1.26. The molecule has 0 unspecified atom stereocenters. The van der Waals surface area contributed by atoms with Crippen LogP contribution in [0.4, 0.5) is 17.1 Å². The number of esters is 1. The fourth-order valence-electron chi connectivity index (χ4n) is 3.58. The lowest BCUT2D eigenvalue weighted by Gasteiger charge is -2.15. The van der Waals surface area contributed by atoms with Gasteiger partial charge >= 0.3 is 5.97 Å². The molecule has 3 aromatic rings. The molecular weight excluding hydrogens is 482 g/mol. The van der Waals surface area contributed by atoms with Gasteiger partial charge in [0, 0.05) is 16.9 Å². The third-order valence-corrected chi connectivity index (χ3v) is 6.11. The van der Waals surface area contributed by atoms with Crippen molar-refractivity contribution in [3.63, 3.8) is 0 Å². The molecule has 9 heteroatoms. The smallest absolute Gasteiger partial charge is 0.337 e. The van der Waals surface area contributed by atoms with E-state index in [1.165, 1.54) is 31.4 Å². The summed E-state index contributed by atoms with van der Waals surface area (Å²) < 4.78 is 4.66. The minimum Gasteiger partial charge on any atom is -0.465 e. The summed E-state index contributed by atoms with van der Waals surface area (Å²) in [6.07, 6.45) is 0. The standard InChI is InChI=1S/C27H22ClN3O5/c1-15-4-9-20(14-16(15)2)30-24(32)17-5-10-19(11-6-17)29-23-22(28)25(33)31(26(23)34)21-12-7-18(8-13-21)27(35)36-3/h4-14,29H,1-3H3,(H,30,32). The molecule has 4 rings (SSSR count). The van der Waals surface area contributed by atoms with E-state index >= 15 is 0 Å². The minimum atomic E-state index is -0.695. The monoisotopic (exact) mass is 503 g/mol. The molecule has 0 radical (unpaired) electrons. The fourth-order valence-corrected chi connectivity index (χ4v) is 3.79. The first-order chi connectivity index (χ1) is 17.2. The van der Waals surface area contributed by atoms with E-state index < -0.39 is 17.8 Å². The van der Waals surface area contributed by atoms with Crippen LogP contribution in [0, 0.1) is 13.8 Å². The van der Waals surface area contributed by atoms with E-state index in [0.717, 1.165) is 16.0 Å². The SMILES string of the molecule is COC(=O)c1ccc(N2C(=O)C(Cl)=C(Nc3ccc(C(=O)Nc4ccc(C)c(C)c4)cc3)C2=O)cc1. The van der Waals surface area contributed by atoms with Crippen LogP contribution in [0.1, 0.15) is 31.8 Å². The molecule has 0 saturated heterocycles.